The van der Waals surface area contributed by atoms with E-state index in [0.717, 1.165) is 17.0 Å². The fourth-order valence-corrected chi connectivity index (χ4v) is 1.59. The van der Waals surface area contributed by atoms with Gasteiger partial charge >= 0.3 is 0 Å². The molecule has 0 unspecified atom stereocenters. The molecule has 0 fully saturated rings. The lowest BCUT2D eigenvalue weighted by molar-refractivity contribution is 0.404. The van der Waals surface area contributed by atoms with E-state index in [0.29, 0.717) is 5.90 Å². The zero-order valence-electron chi connectivity index (χ0n) is 11.0. The maximum atomic E-state index is 5.27. The van der Waals surface area contributed by atoms with Crippen molar-refractivity contribution in [3.05, 3.63) is 60.2 Å². The Bertz CT molecular complexity index is 536. The molecular weight excluding hydrogens is 240 g/mol. The van der Waals surface area contributed by atoms with E-state index in [1.165, 1.54) is 0 Å². The van der Waals surface area contributed by atoms with Crippen molar-refractivity contribution in [3.63, 3.8) is 0 Å². The molecule has 0 aliphatic rings. The highest BCUT2D eigenvalue weighted by Gasteiger charge is 2.01. The largest absolute Gasteiger partial charge is 0.497 e. The molecule has 0 aromatic heterocycles. The van der Waals surface area contributed by atoms with Crippen LogP contribution in [0.15, 0.2) is 59.7 Å². The van der Waals surface area contributed by atoms with Crippen molar-refractivity contribution in [2.75, 3.05) is 19.6 Å². The monoisotopic (exact) mass is 256 g/mol. The van der Waals surface area contributed by atoms with Gasteiger partial charge in [0.1, 0.15) is 5.75 Å². The summed E-state index contributed by atoms with van der Waals surface area (Å²) in [5.74, 6) is 1.35. The second-order valence-electron chi connectivity index (χ2n) is 3.83. The molecule has 98 valence electrons. The number of ether oxygens (including phenoxy) is 2. The molecule has 1 N–H and O–H groups in total. The number of hydrogen-bond acceptors (Lipinski definition) is 4. The molecule has 0 heterocycles. The number of benzene rings is 2. The quantitative estimate of drug-likeness (QED) is 0.519. The molecule has 2 aromatic carbocycles. The van der Waals surface area contributed by atoms with Crippen LogP contribution in [0.5, 0.6) is 5.75 Å². The van der Waals surface area contributed by atoms with Gasteiger partial charge in [0.15, 0.2) is 0 Å². The first-order valence-corrected chi connectivity index (χ1v) is 5.90. The van der Waals surface area contributed by atoms with Gasteiger partial charge in [-0.15, -0.1) is 5.10 Å². The van der Waals surface area contributed by atoms with Crippen LogP contribution in [0.4, 0.5) is 5.69 Å². The molecule has 2 rings (SSSR count). The highest BCUT2D eigenvalue weighted by Crippen LogP contribution is 2.15. The van der Waals surface area contributed by atoms with Gasteiger partial charge in [-0.05, 0) is 36.4 Å². The number of nitrogens with one attached hydrogen (secondary N) is 1. The summed E-state index contributed by atoms with van der Waals surface area (Å²) >= 11 is 0. The first-order chi connectivity index (χ1) is 9.33. The molecule has 2 aromatic rings. The zero-order chi connectivity index (χ0) is 13.5. The molecule has 4 heteroatoms. The van der Waals surface area contributed by atoms with E-state index in [1.807, 2.05) is 54.6 Å². The van der Waals surface area contributed by atoms with Crippen molar-refractivity contribution in [3.8, 4) is 5.75 Å². The zero-order valence-corrected chi connectivity index (χ0v) is 11.0. The molecule has 0 saturated carbocycles. The summed E-state index contributed by atoms with van der Waals surface area (Å²) in [7, 11) is 3.24. The summed E-state index contributed by atoms with van der Waals surface area (Å²) in [6.45, 7) is 0. The SMILES string of the molecule is CO/C(=N\Nc1ccc(OC)cc1)c1ccccc1. The van der Waals surface area contributed by atoms with Crippen LogP contribution >= 0.6 is 0 Å². The van der Waals surface area contributed by atoms with Gasteiger partial charge in [-0.2, -0.15) is 0 Å². The topological polar surface area (TPSA) is 42.8 Å². The molecule has 0 saturated heterocycles. The minimum absolute atomic E-state index is 0.538. The summed E-state index contributed by atoms with van der Waals surface area (Å²) in [6.07, 6.45) is 0. The third kappa shape index (κ3) is 3.48. The van der Waals surface area contributed by atoms with Crippen LogP contribution in [0.1, 0.15) is 5.56 Å². The Morgan fingerprint density at radius 2 is 1.63 bits per heavy atom. The molecule has 0 spiro atoms. The highest BCUT2D eigenvalue weighted by atomic mass is 16.5. The van der Waals surface area contributed by atoms with Gasteiger partial charge in [-0.1, -0.05) is 18.2 Å². The maximum absolute atomic E-state index is 5.27. The lowest BCUT2D eigenvalue weighted by atomic mass is 10.2. The number of rotatable bonds is 4. The van der Waals surface area contributed by atoms with E-state index in [4.69, 9.17) is 9.47 Å². The molecule has 0 aliphatic heterocycles. The van der Waals surface area contributed by atoms with E-state index in [1.54, 1.807) is 14.2 Å². The van der Waals surface area contributed by atoms with E-state index in [9.17, 15) is 0 Å². The van der Waals surface area contributed by atoms with Crippen LogP contribution < -0.4 is 10.2 Å². The minimum atomic E-state index is 0.538. The molecule has 0 bridgehead atoms. The molecule has 0 aliphatic carbocycles. The van der Waals surface area contributed by atoms with Crippen molar-refractivity contribution in [2.24, 2.45) is 5.10 Å². The van der Waals surface area contributed by atoms with E-state index >= 15 is 0 Å². The average Bonchev–Trinajstić information content (AvgIpc) is 2.49. The van der Waals surface area contributed by atoms with Crippen LogP contribution in [-0.4, -0.2) is 20.1 Å². The van der Waals surface area contributed by atoms with Gasteiger partial charge in [-0.3, -0.25) is 5.43 Å². The van der Waals surface area contributed by atoms with Crippen LogP contribution in [0.2, 0.25) is 0 Å². The standard InChI is InChI=1S/C15H16N2O2/c1-18-14-10-8-13(9-11-14)16-17-15(19-2)12-6-4-3-5-7-12/h3-11,16H,1-2H3/b17-15-. The Labute approximate surface area is 112 Å². The molecule has 19 heavy (non-hydrogen) atoms. The van der Waals surface area contributed by atoms with Crippen LogP contribution in [0, 0.1) is 0 Å². The van der Waals surface area contributed by atoms with Crippen LogP contribution in [0.3, 0.4) is 0 Å². The van der Waals surface area contributed by atoms with Gasteiger partial charge in [0.25, 0.3) is 0 Å². The Morgan fingerprint density at radius 1 is 0.947 bits per heavy atom. The second kappa shape index (κ2) is 6.44. The molecule has 0 atom stereocenters. The van der Waals surface area contributed by atoms with Gasteiger partial charge < -0.3 is 9.47 Å². The Kier molecular flexibility index (Phi) is 4.39. The van der Waals surface area contributed by atoms with E-state index in [-0.39, 0.29) is 0 Å². The Morgan fingerprint density at radius 3 is 2.21 bits per heavy atom. The van der Waals surface area contributed by atoms with Crippen molar-refractivity contribution in [1.29, 1.82) is 0 Å². The summed E-state index contributed by atoms with van der Waals surface area (Å²) in [6, 6.07) is 17.2. The Hall–Kier alpha value is -2.49. The van der Waals surface area contributed by atoms with Crippen molar-refractivity contribution < 1.29 is 9.47 Å². The smallest absolute Gasteiger partial charge is 0.238 e. The van der Waals surface area contributed by atoms with Crippen molar-refractivity contribution in [2.45, 2.75) is 0 Å². The van der Waals surface area contributed by atoms with Gasteiger partial charge in [0.2, 0.25) is 5.90 Å². The number of hydrogen-bond donors (Lipinski definition) is 1. The van der Waals surface area contributed by atoms with E-state index in [2.05, 4.69) is 10.5 Å². The number of nitrogens with zero attached hydrogens (tertiary/aromatic N) is 1. The predicted molar refractivity (Wildman–Crippen MR) is 76.6 cm³/mol. The third-order valence-corrected chi connectivity index (χ3v) is 2.59. The normalized spacial score (nSPS) is 10.9. The lowest BCUT2D eigenvalue weighted by Crippen LogP contribution is -2.06. The summed E-state index contributed by atoms with van der Waals surface area (Å²) in [5.41, 5.74) is 4.74. The fraction of sp³-hybridized carbons (Fsp3) is 0.133. The molecule has 0 amide bonds. The number of hydrazone groups is 1. The maximum Gasteiger partial charge on any atom is 0.238 e. The molecular formula is C15H16N2O2. The first kappa shape index (κ1) is 13.0. The van der Waals surface area contributed by atoms with Crippen LogP contribution in [0.25, 0.3) is 0 Å². The van der Waals surface area contributed by atoms with Gasteiger partial charge in [0, 0.05) is 5.56 Å². The minimum Gasteiger partial charge on any atom is -0.497 e. The number of anilines is 1. The molecule has 0 radical (unpaired) electrons. The van der Waals surface area contributed by atoms with Crippen molar-refractivity contribution in [1.82, 2.24) is 0 Å². The number of methoxy groups -OCH3 is 2. The Balaban J connectivity index is 2.11. The van der Waals surface area contributed by atoms with Crippen molar-refractivity contribution >= 4 is 11.6 Å². The van der Waals surface area contributed by atoms with E-state index < -0.39 is 0 Å². The second-order valence-corrected chi connectivity index (χ2v) is 3.83. The molecule has 4 nitrogen and oxygen atoms in total. The predicted octanol–water partition coefficient (Wildman–Crippen LogP) is 3.12. The lowest BCUT2D eigenvalue weighted by Gasteiger charge is -2.06. The van der Waals surface area contributed by atoms with Gasteiger partial charge in [0.05, 0.1) is 19.9 Å². The summed E-state index contributed by atoms with van der Waals surface area (Å²) < 4.78 is 10.4. The first-order valence-electron chi connectivity index (χ1n) is 5.90. The average molecular weight is 256 g/mol. The highest BCUT2D eigenvalue weighted by molar-refractivity contribution is 5.94. The fourth-order valence-electron chi connectivity index (χ4n) is 1.59. The van der Waals surface area contributed by atoms with Crippen LogP contribution in [-0.2, 0) is 4.74 Å². The van der Waals surface area contributed by atoms with Gasteiger partial charge in [-0.25, -0.2) is 0 Å². The summed E-state index contributed by atoms with van der Waals surface area (Å²) in [4.78, 5) is 0. The summed E-state index contributed by atoms with van der Waals surface area (Å²) in [5, 5.41) is 4.24. The third-order valence-electron chi connectivity index (χ3n) is 2.59.